The Morgan fingerprint density at radius 1 is 1.25 bits per heavy atom. The van der Waals surface area contributed by atoms with E-state index in [0.29, 0.717) is 11.8 Å². The Morgan fingerprint density at radius 2 is 1.85 bits per heavy atom. The zero-order valence-electron chi connectivity index (χ0n) is 14.2. The van der Waals surface area contributed by atoms with E-state index in [2.05, 4.69) is 46.9 Å². The van der Waals surface area contributed by atoms with Gasteiger partial charge in [-0.2, -0.15) is 0 Å². The molecule has 3 heteroatoms. The van der Waals surface area contributed by atoms with Crippen LogP contribution in [0.25, 0.3) is 0 Å². The highest BCUT2D eigenvalue weighted by Gasteiger charge is 2.45. The topological polar surface area (TPSA) is 55.1 Å². The van der Waals surface area contributed by atoms with Gasteiger partial charge in [-0.15, -0.1) is 0 Å². The van der Waals surface area contributed by atoms with Crippen LogP contribution >= 0.6 is 0 Å². The van der Waals surface area contributed by atoms with Crippen LogP contribution in [0.1, 0.15) is 67.2 Å². The maximum absolute atomic E-state index is 12.6. The molecular weight excluding hydrogens is 248 g/mol. The summed E-state index contributed by atoms with van der Waals surface area (Å²) in [5.74, 6) is 1.40. The van der Waals surface area contributed by atoms with Crippen molar-refractivity contribution in [2.45, 2.75) is 79.3 Å². The minimum atomic E-state index is -0.0144. The Morgan fingerprint density at radius 3 is 2.40 bits per heavy atom. The molecule has 4 unspecified atom stereocenters. The standard InChI is InChI=1S/C17H34N2O/c1-11(2)7-8-12(3)19-16(20)14-9-10-15(18)13(4)17(14,5)6/h11-15H,7-10,18H2,1-6H3,(H,19,20). The third-order valence-electron chi connectivity index (χ3n) is 5.38. The van der Waals surface area contributed by atoms with Gasteiger partial charge in [0, 0.05) is 18.0 Å². The third-order valence-corrected chi connectivity index (χ3v) is 5.38. The predicted molar refractivity (Wildman–Crippen MR) is 85.3 cm³/mol. The van der Waals surface area contributed by atoms with Gasteiger partial charge in [-0.05, 0) is 49.9 Å². The molecule has 0 aromatic carbocycles. The monoisotopic (exact) mass is 282 g/mol. The zero-order valence-corrected chi connectivity index (χ0v) is 14.2. The Balaban J connectivity index is 2.58. The molecule has 0 aliphatic heterocycles. The predicted octanol–water partition coefficient (Wildman–Crippen LogP) is 3.33. The average molecular weight is 282 g/mol. The number of carbonyl (C=O) groups excluding carboxylic acids is 1. The molecular formula is C17H34N2O. The average Bonchev–Trinajstić information content (AvgIpc) is 2.33. The van der Waals surface area contributed by atoms with E-state index < -0.39 is 0 Å². The molecule has 1 aliphatic rings. The number of hydrogen-bond acceptors (Lipinski definition) is 2. The van der Waals surface area contributed by atoms with E-state index in [1.165, 1.54) is 0 Å². The highest BCUT2D eigenvalue weighted by Crippen LogP contribution is 2.44. The minimum Gasteiger partial charge on any atom is -0.353 e. The lowest BCUT2D eigenvalue weighted by Crippen LogP contribution is -2.52. The molecule has 0 aromatic heterocycles. The van der Waals surface area contributed by atoms with E-state index in [-0.39, 0.29) is 29.3 Å². The zero-order chi connectivity index (χ0) is 15.5. The summed E-state index contributed by atoms with van der Waals surface area (Å²) in [7, 11) is 0. The lowest BCUT2D eigenvalue weighted by atomic mass is 9.61. The van der Waals surface area contributed by atoms with Crippen LogP contribution in [0.3, 0.4) is 0 Å². The molecule has 3 nitrogen and oxygen atoms in total. The molecule has 0 bridgehead atoms. The van der Waals surface area contributed by atoms with E-state index in [4.69, 9.17) is 5.73 Å². The molecule has 1 amide bonds. The van der Waals surface area contributed by atoms with Crippen molar-refractivity contribution in [1.82, 2.24) is 5.32 Å². The van der Waals surface area contributed by atoms with E-state index >= 15 is 0 Å². The molecule has 1 saturated carbocycles. The van der Waals surface area contributed by atoms with Crippen LogP contribution in [0.5, 0.6) is 0 Å². The molecule has 0 spiro atoms. The largest absolute Gasteiger partial charge is 0.353 e. The summed E-state index contributed by atoms with van der Waals surface area (Å²) in [6.07, 6.45) is 4.10. The molecule has 118 valence electrons. The number of nitrogens with two attached hydrogens (primary N) is 1. The van der Waals surface area contributed by atoms with Crippen LogP contribution in [0, 0.1) is 23.2 Å². The van der Waals surface area contributed by atoms with E-state index in [0.717, 1.165) is 25.7 Å². The lowest BCUT2D eigenvalue weighted by molar-refractivity contribution is -0.133. The molecule has 1 fully saturated rings. The van der Waals surface area contributed by atoms with Crippen molar-refractivity contribution in [1.29, 1.82) is 0 Å². The Hall–Kier alpha value is -0.570. The van der Waals surface area contributed by atoms with Gasteiger partial charge in [0.25, 0.3) is 0 Å². The van der Waals surface area contributed by atoms with Gasteiger partial charge >= 0.3 is 0 Å². The van der Waals surface area contributed by atoms with Gasteiger partial charge < -0.3 is 11.1 Å². The van der Waals surface area contributed by atoms with Crippen LogP contribution in [0.2, 0.25) is 0 Å². The summed E-state index contributed by atoms with van der Waals surface area (Å²) in [5.41, 5.74) is 6.15. The van der Waals surface area contributed by atoms with Crippen molar-refractivity contribution in [2.75, 3.05) is 0 Å². The number of hydrogen-bond donors (Lipinski definition) is 2. The number of amides is 1. The fourth-order valence-electron chi connectivity index (χ4n) is 3.32. The van der Waals surface area contributed by atoms with E-state index in [1.807, 2.05) is 0 Å². The van der Waals surface area contributed by atoms with Crippen molar-refractivity contribution < 1.29 is 4.79 Å². The van der Waals surface area contributed by atoms with E-state index in [1.54, 1.807) is 0 Å². The maximum Gasteiger partial charge on any atom is 0.223 e. The van der Waals surface area contributed by atoms with Crippen LogP contribution in [-0.4, -0.2) is 18.0 Å². The van der Waals surface area contributed by atoms with Gasteiger partial charge in [0.2, 0.25) is 5.91 Å². The summed E-state index contributed by atoms with van der Waals surface area (Å²) < 4.78 is 0. The number of carbonyl (C=O) groups is 1. The smallest absolute Gasteiger partial charge is 0.223 e. The van der Waals surface area contributed by atoms with Crippen molar-refractivity contribution in [2.24, 2.45) is 28.9 Å². The van der Waals surface area contributed by atoms with Crippen molar-refractivity contribution >= 4 is 5.91 Å². The summed E-state index contributed by atoms with van der Waals surface area (Å²) in [6.45, 7) is 13.1. The van der Waals surface area contributed by atoms with Crippen LogP contribution < -0.4 is 11.1 Å². The van der Waals surface area contributed by atoms with Crippen LogP contribution in [0.15, 0.2) is 0 Å². The molecule has 1 rings (SSSR count). The summed E-state index contributed by atoms with van der Waals surface area (Å²) in [4.78, 5) is 12.6. The highest BCUT2D eigenvalue weighted by molar-refractivity contribution is 5.79. The summed E-state index contributed by atoms with van der Waals surface area (Å²) >= 11 is 0. The second-order valence-electron chi connectivity index (χ2n) is 7.78. The molecule has 20 heavy (non-hydrogen) atoms. The van der Waals surface area contributed by atoms with Crippen LogP contribution in [0.4, 0.5) is 0 Å². The van der Waals surface area contributed by atoms with Gasteiger partial charge in [-0.25, -0.2) is 0 Å². The first-order valence-electron chi connectivity index (χ1n) is 8.22. The van der Waals surface area contributed by atoms with Crippen LogP contribution in [-0.2, 0) is 4.79 Å². The molecule has 0 saturated heterocycles. The third kappa shape index (κ3) is 4.21. The normalized spacial score (nSPS) is 31.1. The summed E-state index contributed by atoms with van der Waals surface area (Å²) in [5, 5.41) is 3.22. The van der Waals surface area contributed by atoms with Crippen molar-refractivity contribution in [3.8, 4) is 0 Å². The van der Waals surface area contributed by atoms with Gasteiger partial charge in [0.1, 0.15) is 0 Å². The fourth-order valence-corrected chi connectivity index (χ4v) is 3.32. The first-order chi connectivity index (χ1) is 9.16. The lowest BCUT2D eigenvalue weighted by Gasteiger charge is -2.46. The molecule has 0 radical (unpaired) electrons. The number of rotatable bonds is 5. The molecule has 4 atom stereocenters. The number of nitrogens with one attached hydrogen (secondary N) is 1. The van der Waals surface area contributed by atoms with Crippen molar-refractivity contribution in [3.05, 3.63) is 0 Å². The summed E-state index contributed by atoms with van der Waals surface area (Å²) in [6, 6.07) is 0.499. The fraction of sp³-hybridized carbons (Fsp3) is 0.941. The SMILES string of the molecule is CC(C)CCC(C)NC(=O)C1CCC(N)C(C)C1(C)C. The molecule has 3 N–H and O–H groups in total. The highest BCUT2D eigenvalue weighted by atomic mass is 16.2. The quantitative estimate of drug-likeness (QED) is 0.812. The minimum absolute atomic E-state index is 0.0144. The first-order valence-corrected chi connectivity index (χ1v) is 8.22. The van der Waals surface area contributed by atoms with Gasteiger partial charge in [-0.3, -0.25) is 4.79 Å². The maximum atomic E-state index is 12.6. The molecule has 0 heterocycles. The molecule has 1 aliphatic carbocycles. The van der Waals surface area contributed by atoms with Gasteiger partial charge in [0.15, 0.2) is 0 Å². The van der Waals surface area contributed by atoms with Gasteiger partial charge in [0.05, 0.1) is 0 Å². The van der Waals surface area contributed by atoms with E-state index in [9.17, 15) is 4.79 Å². The van der Waals surface area contributed by atoms with Gasteiger partial charge in [-0.1, -0.05) is 34.6 Å². The Kier molecular flexibility index (Phi) is 6.06. The second-order valence-corrected chi connectivity index (χ2v) is 7.78. The Bertz CT molecular complexity index is 325. The van der Waals surface area contributed by atoms with Crippen molar-refractivity contribution in [3.63, 3.8) is 0 Å². The Labute approximate surface area is 125 Å². The first kappa shape index (κ1) is 17.5. The second kappa shape index (κ2) is 6.93. The molecule has 0 aromatic rings.